The molecule has 4 heterocycles. The smallest absolute Gasteiger partial charge is 0.406 e. The molecule has 1 aliphatic carbocycles. The number of halogens is 7. The Morgan fingerprint density at radius 3 is 2.05 bits per heavy atom. The van der Waals surface area contributed by atoms with E-state index >= 15 is 0 Å². The first-order valence-electron chi connectivity index (χ1n) is 13.0. The van der Waals surface area contributed by atoms with Crippen molar-refractivity contribution in [3.63, 3.8) is 0 Å². The number of alkyl halides is 7. The molecule has 0 aliphatic heterocycles. The van der Waals surface area contributed by atoms with E-state index in [2.05, 4.69) is 44.6 Å². The van der Waals surface area contributed by atoms with Crippen LogP contribution in [-0.4, -0.2) is 59.2 Å². The lowest BCUT2D eigenvalue weighted by atomic mass is 10.0. The Bertz CT molecular complexity index is 1790. The summed E-state index contributed by atoms with van der Waals surface area (Å²) in [6, 6.07) is 3.92. The maximum absolute atomic E-state index is 14.2. The predicted octanol–water partition coefficient (Wildman–Crippen LogP) is 5.78. The van der Waals surface area contributed by atoms with Gasteiger partial charge in [0.2, 0.25) is 11.6 Å². The van der Waals surface area contributed by atoms with E-state index in [0.29, 0.717) is 22.5 Å². The lowest BCUT2D eigenvalue weighted by Crippen LogP contribution is -2.21. The largest absolute Gasteiger partial charge is 0.573 e. The van der Waals surface area contributed by atoms with Gasteiger partial charge in [-0.05, 0) is 56.4 Å². The number of nitrogens with zero attached hydrogens (tertiary/aromatic N) is 8. The van der Waals surface area contributed by atoms with Gasteiger partial charge in [0.25, 0.3) is 0 Å². The minimum Gasteiger partial charge on any atom is -0.406 e. The van der Waals surface area contributed by atoms with E-state index in [9.17, 15) is 30.7 Å². The van der Waals surface area contributed by atoms with Crippen molar-refractivity contribution in [2.24, 2.45) is 0 Å². The number of ether oxygens (including phenoxy) is 3. The molecule has 1 fully saturated rings. The fourth-order valence-electron chi connectivity index (χ4n) is 4.28. The minimum absolute atomic E-state index is 0.0597. The number of hydrogen-bond acceptors (Lipinski definition) is 9. The summed E-state index contributed by atoms with van der Waals surface area (Å²) in [6.07, 6.45) is -4.90. The molecule has 0 bridgehead atoms. The van der Waals surface area contributed by atoms with E-state index in [-0.39, 0.29) is 29.6 Å². The molecule has 11 nitrogen and oxygen atoms in total. The molecule has 18 heteroatoms. The Kier molecular flexibility index (Phi) is 8.15. The van der Waals surface area contributed by atoms with Crippen molar-refractivity contribution in [3.05, 3.63) is 65.9 Å². The molecule has 1 aromatic carbocycles. The quantitative estimate of drug-likeness (QED) is 0.197. The first-order chi connectivity index (χ1) is 20.7. The molecular formula is C26H23F7N8O3. The monoisotopic (exact) mass is 628 g/mol. The molecular weight excluding hydrogens is 605 g/mol. The van der Waals surface area contributed by atoms with Gasteiger partial charge in [0.05, 0.1) is 30.4 Å². The highest BCUT2D eigenvalue weighted by Gasteiger charge is 2.39. The lowest BCUT2D eigenvalue weighted by molar-refractivity contribution is -0.274. The molecule has 1 saturated carbocycles. The fourth-order valence-corrected chi connectivity index (χ4v) is 4.28. The molecule has 0 spiro atoms. The maximum Gasteiger partial charge on any atom is 0.573 e. The van der Waals surface area contributed by atoms with Crippen LogP contribution >= 0.6 is 0 Å². The van der Waals surface area contributed by atoms with Gasteiger partial charge in [0.15, 0.2) is 11.3 Å². The molecule has 0 atom stereocenters. The fraction of sp³-hybridized carbons (Fsp3) is 0.385. The molecule has 0 saturated heterocycles. The second-order valence-corrected chi connectivity index (χ2v) is 9.55. The highest BCUT2D eigenvalue weighted by molar-refractivity contribution is 5.67. The highest BCUT2D eigenvalue weighted by atomic mass is 19.4. The van der Waals surface area contributed by atoms with Gasteiger partial charge in [-0.15, -0.1) is 33.6 Å². The van der Waals surface area contributed by atoms with E-state index in [4.69, 9.17) is 0 Å². The third-order valence-electron chi connectivity index (χ3n) is 6.37. The van der Waals surface area contributed by atoms with Crippen molar-refractivity contribution in [3.8, 4) is 17.0 Å². The zero-order valence-corrected chi connectivity index (χ0v) is 23.2. The Balaban J connectivity index is 0.000000215. The van der Waals surface area contributed by atoms with Crippen LogP contribution in [0.15, 0.2) is 43.0 Å². The van der Waals surface area contributed by atoms with Gasteiger partial charge < -0.3 is 14.2 Å². The highest BCUT2D eigenvalue weighted by Crippen LogP contribution is 2.46. The SMILES string of the molecule is CCOC(F)(F)c1nnc2cnc(-c3ccc(OC(F)(F)F)cc3C3CC3)cn12.COC(F)(F)c1nnc2cnc(C)cn12. The summed E-state index contributed by atoms with van der Waals surface area (Å²) in [5.74, 6) is -1.53. The van der Waals surface area contributed by atoms with Crippen LogP contribution in [0.4, 0.5) is 30.7 Å². The van der Waals surface area contributed by atoms with Crippen molar-refractivity contribution in [1.82, 2.24) is 39.2 Å². The van der Waals surface area contributed by atoms with Crippen molar-refractivity contribution in [2.45, 2.75) is 51.2 Å². The van der Waals surface area contributed by atoms with Crippen LogP contribution < -0.4 is 4.74 Å². The third-order valence-corrected chi connectivity index (χ3v) is 6.37. The molecule has 0 unspecified atom stereocenters. The molecule has 0 amide bonds. The molecule has 4 aromatic heterocycles. The van der Waals surface area contributed by atoms with E-state index in [1.165, 1.54) is 49.9 Å². The molecule has 234 valence electrons. The molecule has 0 radical (unpaired) electrons. The van der Waals surface area contributed by atoms with Crippen LogP contribution in [0.1, 0.15) is 48.6 Å². The Labute approximate surface area is 243 Å². The number of aromatic nitrogens is 8. The first-order valence-corrected chi connectivity index (χ1v) is 13.0. The topological polar surface area (TPSA) is 114 Å². The number of rotatable bonds is 8. The molecule has 44 heavy (non-hydrogen) atoms. The maximum atomic E-state index is 14.2. The molecule has 6 rings (SSSR count). The van der Waals surface area contributed by atoms with Gasteiger partial charge in [-0.25, -0.2) is 0 Å². The van der Waals surface area contributed by atoms with E-state index < -0.39 is 30.2 Å². The van der Waals surface area contributed by atoms with Crippen LogP contribution in [0, 0.1) is 6.92 Å². The average molecular weight is 629 g/mol. The van der Waals surface area contributed by atoms with Gasteiger partial charge in [-0.1, -0.05) is 0 Å². The zero-order chi connectivity index (χ0) is 31.9. The lowest BCUT2D eigenvalue weighted by Gasteiger charge is -2.15. The van der Waals surface area contributed by atoms with Gasteiger partial charge in [-0.2, -0.15) is 17.6 Å². The van der Waals surface area contributed by atoms with Crippen molar-refractivity contribution in [2.75, 3.05) is 13.7 Å². The summed E-state index contributed by atoms with van der Waals surface area (Å²) >= 11 is 0. The third kappa shape index (κ3) is 6.54. The number of hydrogen-bond donors (Lipinski definition) is 0. The Morgan fingerprint density at radius 2 is 1.45 bits per heavy atom. The second-order valence-electron chi connectivity index (χ2n) is 9.55. The zero-order valence-electron chi connectivity index (χ0n) is 23.2. The molecule has 0 N–H and O–H groups in total. The normalized spacial score (nSPS) is 14.1. The summed E-state index contributed by atoms with van der Waals surface area (Å²) in [7, 11) is 0.912. The van der Waals surface area contributed by atoms with Crippen molar-refractivity contribution < 1.29 is 44.9 Å². The van der Waals surface area contributed by atoms with E-state index in [0.717, 1.165) is 28.8 Å². The Morgan fingerprint density at radius 1 is 0.841 bits per heavy atom. The predicted molar refractivity (Wildman–Crippen MR) is 137 cm³/mol. The summed E-state index contributed by atoms with van der Waals surface area (Å²) in [6.45, 7) is 2.89. The number of fused-ring (bicyclic) bond motifs is 2. The standard InChI is InChI=1S/C18H15F5N4O2.C8H8F2N4O/c1-2-28-17(19,20)16-26-25-15-8-24-14(9-27(15)16)12-6-5-11(29-18(21,22)23)7-13(12)10-3-4-10;1-5-4-14-6(3-11-5)12-13-7(14)8(9,10)15-2/h5-10H,2-4H2,1H3;3-4H,1-2H3. The van der Waals surface area contributed by atoms with Crippen LogP contribution in [0.2, 0.25) is 0 Å². The summed E-state index contributed by atoms with van der Waals surface area (Å²) < 4.78 is 107. The average Bonchev–Trinajstić information content (AvgIpc) is 3.57. The van der Waals surface area contributed by atoms with Crippen LogP contribution in [0.3, 0.4) is 0 Å². The first kappa shape index (κ1) is 31.0. The van der Waals surface area contributed by atoms with Crippen molar-refractivity contribution in [1.29, 1.82) is 0 Å². The van der Waals surface area contributed by atoms with Crippen LogP contribution in [0.5, 0.6) is 5.75 Å². The second kappa shape index (κ2) is 11.6. The molecule has 1 aliphatic rings. The van der Waals surface area contributed by atoms with Gasteiger partial charge >= 0.3 is 18.6 Å². The van der Waals surface area contributed by atoms with Gasteiger partial charge in [-0.3, -0.25) is 18.8 Å². The summed E-state index contributed by atoms with van der Waals surface area (Å²) in [5.41, 5.74) is 2.38. The number of benzene rings is 1. The summed E-state index contributed by atoms with van der Waals surface area (Å²) in [5, 5.41) is 14.1. The summed E-state index contributed by atoms with van der Waals surface area (Å²) in [4.78, 5) is 8.14. The van der Waals surface area contributed by atoms with Crippen LogP contribution in [-0.2, 0) is 21.7 Å². The number of methoxy groups -OCH3 is 1. The van der Waals surface area contributed by atoms with E-state index in [1.807, 2.05) is 0 Å². The Hall–Kier alpha value is -4.45. The van der Waals surface area contributed by atoms with Gasteiger partial charge in [0, 0.05) is 25.1 Å². The van der Waals surface area contributed by atoms with Gasteiger partial charge in [0.1, 0.15) is 5.75 Å². The minimum atomic E-state index is -4.80. The van der Waals surface area contributed by atoms with Crippen molar-refractivity contribution >= 4 is 11.3 Å². The number of aryl methyl sites for hydroxylation is 1. The van der Waals surface area contributed by atoms with Crippen LogP contribution in [0.25, 0.3) is 22.6 Å². The molecule has 5 aromatic rings. The van der Waals surface area contributed by atoms with E-state index in [1.54, 1.807) is 6.92 Å².